The zero-order valence-corrected chi connectivity index (χ0v) is 11.5. The molecule has 0 fully saturated rings. The summed E-state index contributed by atoms with van der Waals surface area (Å²) in [5.74, 6) is -2.76. The number of rotatable bonds is 3. The van der Waals surface area contributed by atoms with Crippen LogP contribution >= 0.6 is 0 Å². The van der Waals surface area contributed by atoms with E-state index in [9.17, 15) is 22.8 Å². The van der Waals surface area contributed by atoms with Crippen LogP contribution in [0.4, 0.5) is 0 Å². The van der Waals surface area contributed by atoms with Crippen molar-refractivity contribution < 1.29 is 27.6 Å². The second-order valence-corrected chi connectivity index (χ2v) is 6.70. The van der Waals surface area contributed by atoms with E-state index in [1.807, 2.05) is 0 Å². The molecule has 0 bridgehead atoms. The Hall–Kier alpha value is -2.22. The van der Waals surface area contributed by atoms with Crippen LogP contribution < -0.4 is 0 Å². The number of benzene rings is 1. The van der Waals surface area contributed by atoms with Gasteiger partial charge < -0.3 is 4.84 Å². The lowest BCUT2D eigenvalue weighted by Crippen LogP contribution is -2.38. The smallest absolute Gasteiger partial charge is 0.328 e. The molecule has 1 aromatic rings. The molecule has 2 rings (SSSR count). The highest BCUT2D eigenvalue weighted by molar-refractivity contribution is 7.92. The third-order valence-electron chi connectivity index (χ3n) is 2.91. The number of hydrogen-bond acceptors (Lipinski definition) is 6. The molecule has 0 aromatic heterocycles. The van der Waals surface area contributed by atoms with E-state index in [-0.39, 0.29) is 16.2 Å². The first-order valence-corrected chi connectivity index (χ1v) is 7.57. The molecule has 0 saturated carbocycles. The van der Waals surface area contributed by atoms with Gasteiger partial charge in [0.2, 0.25) is 0 Å². The van der Waals surface area contributed by atoms with Gasteiger partial charge in [0.1, 0.15) is 0 Å². The van der Waals surface area contributed by atoms with Crippen molar-refractivity contribution in [1.29, 1.82) is 0 Å². The van der Waals surface area contributed by atoms with Crippen molar-refractivity contribution in [3.05, 3.63) is 35.4 Å². The zero-order valence-electron chi connectivity index (χ0n) is 10.7. The SMILES string of the molecule is CC(C(=O)ON1C(=O)c2ccccc2C1=O)S(C)(=O)=O. The van der Waals surface area contributed by atoms with Crippen LogP contribution in [0.15, 0.2) is 24.3 Å². The van der Waals surface area contributed by atoms with E-state index in [2.05, 4.69) is 4.84 Å². The van der Waals surface area contributed by atoms with Gasteiger partial charge in [0.15, 0.2) is 15.1 Å². The van der Waals surface area contributed by atoms with Crippen molar-refractivity contribution in [2.45, 2.75) is 12.2 Å². The highest BCUT2D eigenvalue weighted by Gasteiger charge is 2.40. The summed E-state index contributed by atoms with van der Waals surface area (Å²) in [4.78, 5) is 40.0. The van der Waals surface area contributed by atoms with Crippen LogP contribution in [-0.4, -0.2) is 42.8 Å². The Balaban J connectivity index is 2.24. The fourth-order valence-corrected chi connectivity index (χ4v) is 1.98. The van der Waals surface area contributed by atoms with E-state index in [0.717, 1.165) is 13.2 Å². The third-order valence-corrected chi connectivity index (χ3v) is 4.39. The largest absolute Gasteiger partial charge is 0.350 e. The fourth-order valence-electron chi connectivity index (χ4n) is 1.59. The van der Waals surface area contributed by atoms with E-state index in [1.54, 1.807) is 12.1 Å². The second-order valence-electron chi connectivity index (χ2n) is 4.33. The summed E-state index contributed by atoms with van der Waals surface area (Å²) in [6.07, 6.45) is 0.862. The Kier molecular flexibility index (Phi) is 3.34. The molecule has 1 aliphatic rings. The van der Waals surface area contributed by atoms with Crippen molar-refractivity contribution in [3.63, 3.8) is 0 Å². The number of carbonyl (C=O) groups is 3. The van der Waals surface area contributed by atoms with E-state index >= 15 is 0 Å². The van der Waals surface area contributed by atoms with Gasteiger partial charge in [-0.2, -0.15) is 0 Å². The molecule has 1 heterocycles. The van der Waals surface area contributed by atoms with Crippen LogP contribution in [0.2, 0.25) is 0 Å². The fraction of sp³-hybridized carbons (Fsp3) is 0.250. The van der Waals surface area contributed by atoms with Crippen LogP contribution in [0, 0.1) is 0 Å². The maximum Gasteiger partial charge on any atom is 0.350 e. The molecule has 1 unspecified atom stereocenters. The minimum absolute atomic E-state index is 0.109. The molecule has 1 atom stereocenters. The topological polar surface area (TPSA) is 97.8 Å². The number of nitrogens with zero attached hydrogens (tertiary/aromatic N) is 1. The summed E-state index contributed by atoms with van der Waals surface area (Å²) in [7, 11) is -3.67. The molecule has 8 heteroatoms. The van der Waals surface area contributed by atoms with E-state index in [0.29, 0.717) is 0 Å². The van der Waals surface area contributed by atoms with Gasteiger partial charge in [0, 0.05) is 6.26 Å². The zero-order chi connectivity index (χ0) is 15.1. The van der Waals surface area contributed by atoms with Gasteiger partial charge in [-0.3, -0.25) is 9.59 Å². The lowest BCUT2D eigenvalue weighted by Gasteiger charge is -2.15. The van der Waals surface area contributed by atoms with Gasteiger partial charge >= 0.3 is 5.97 Å². The molecule has 0 saturated heterocycles. The summed E-state index contributed by atoms with van der Waals surface area (Å²) < 4.78 is 22.5. The number of fused-ring (bicyclic) bond motifs is 1. The lowest BCUT2D eigenvalue weighted by molar-refractivity contribution is -0.167. The molecule has 20 heavy (non-hydrogen) atoms. The Labute approximate surface area is 115 Å². The second kappa shape index (κ2) is 4.71. The molecule has 0 radical (unpaired) electrons. The molecular formula is C12H11NO6S. The summed E-state index contributed by atoms with van der Waals surface area (Å²) in [5, 5.41) is -1.18. The molecule has 7 nitrogen and oxygen atoms in total. The van der Waals surface area contributed by atoms with Crippen LogP contribution in [0.5, 0.6) is 0 Å². The first-order chi connectivity index (χ1) is 9.23. The van der Waals surface area contributed by atoms with Gasteiger partial charge in [0.25, 0.3) is 11.8 Å². The molecule has 1 aromatic carbocycles. The number of hydrogen-bond donors (Lipinski definition) is 0. The molecular weight excluding hydrogens is 286 g/mol. The van der Waals surface area contributed by atoms with Gasteiger partial charge in [-0.1, -0.05) is 17.2 Å². The van der Waals surface area contributed by atoms with Crippen LogP contribution in [0.3, 0.4) is 0 Å². The van der Waals surface area contributed by atoms with Crippen LogP contribution in [0.25, 0.3) is 0 Å². The van der Waals surface area contributed by atoms with Gasteiger partial charge in [0.05, 0.1) is 11.1 Å². The molecule has 2 amide bonds. The summed E-state index contributed by atoms with van der Waals surface area (Å²) >= 11 is 0. The van der Waals surface area contributed by atoms with Gasteiger partial charge in [-0.05, 0) is 19.1 Å². The van der Waals surface area contributed by atoms with E-state index in [4.69, 9.17) is 0 Å². The summed E-state index contributed by atoms with van der Waals surface area (Å²) in [6, 6.07) is 5.97. The molecule has 1 aliphatic heterocycles. The highest BCUT2D eigenvalue weighted by atomic mass is 32.2. The quantitative estimate of drug-likeness (QED) is 0.738. The summed E-state index contributed by atoms with van der Waals surface area (Å²) in [6.45, 7) is 1.12. The van der Waals surface area contributed by atoms with Crippen LogP contribution in [-0.2, 0) is 19.5 Å². The number of amides is 2. The predicted molar refractivity (Wildman–Crippen MR) is 67.3 cm³/mol. The first-order valence-electron chi connectivity index (χ1n) is 5.62. The van der Waals surface area contributed by atoms with Crippen LogP contribution in [0.1, 0.15) is 27.6 Å². The average Bonchev–Trinajstić information content (AvgIpc) is 2.62. The van der Waals surface area contributed by atoms with Crippen molar-refractivity contribution in [2.24, 2.45) is 0 Å². The van der Waals surface area contributed by atoms with Crippen molar-refractivity contribution >= 4 is 27.6 Å². The molecule has 0 spiro atoms. The maximum absolute atomic E-state index is 11.9. The lowest BCUT2D eigenvalue weighted by atomic mass is 10.1. The number of sulfone groups is 1. The maximum atomic E-state index is 11.9. The van der Waals surface area contributed by atoms with E-state index < -0.39 is 32.9 Å². The normalized spacial score (nSPS) is 16.0. The predicted octanol–water partition coefficient (Wildman–Crippen LogP) is 0.174. The average molecular weight is 297 g/mol. The minimum Gasteiger partial charge on any atom is -0.328 e. The first kappa shape index (κ1) is 14.2. The van der Waals surface area contributed by atoms with Crippen molar-refractivity contribution in [3.8, 4) is 0 Å². The van der Waals surface area contributed by atoms with Gasteiger partial charge in [-0.25, -0.2) is 13.2 Å². The van der Waals surface area contributed by atoms with E-state index in [1.165, 1.54) is 12.1 Å². The Morgan fingerprint density at radius 2 is 1.60 bits per heavy atom. The Morgan fingerprint density at radius 1 is 1.15 bits per heavy atom. The number of hydroxylamine groups is 2. The number of imide groups is 1. The van der Waals surface area contributed by atoms with Gasteiger partial charge in [-0.15, -0.1) is 0 Å². The minimum atomic E-state index is -3.67. The Bertz CT molecular complexity index is 673. The summed E-state index contributed by atoms with van der Waals surface area (Å²) in [5.41, 5.74) is 0.217. The molecule has 0 N–H and O–H groups in total. The molecule has 106 valence electrons. The number of carbonyl (C=O) groups excluding carboxylic acids is 3. The molecule has 0 aliphatic carbocycles. The standard InChI is InChI=1S/C12H11NO6S/c1-7(20(2,17)18)12(16)19-13-10(14)8-5-3-4-6-9(8)11(13)15/h3-7H,1-2H3. The van der Waals surface area contributed by atoms with Crippen molar-refractivity contribution in [1.82, 2.24) is 5.06 Å². The highest BCUT2D eigenvalue weighted by Crippen LogP contribution is 2.23. The third kappa shape index (κ3) is 2.29. The monoisotopic (exact) mass is 297 g/mol. The van der Waals surface area contributed by atoms with Crippen molar-refractivity contribution in [2.75, 3.05) is 6.26 Å². The Morgan fingerprint density at radius 3 is 2.00 bits per heavy atom.